The number of nitrogens with one attached hydrogen (secondary N) is 1. The van der Waals surface area contributed by atoms with Crippen LogP contribution >= 0.6 is 11.6 Å². The van der Waals surface area contributed by atoms with Gasteiger partial charge in [-0.2, -0.15) is 10.2 Å². The van der Waals surface area contributed by atoms with Crippen LogP contribution in [0.5, 0.6) is 5.75 Å². The second-order valence-electron chi connectivity index (χ2n) is 6.47. The lowest BCUT2D eigenvalue weighted by atomic mass is 10.3. The Labute approximate surface area is 177 Å². The molecule has 0 saturated carbocycles. The molecule has 30 heavy (non-hydrogen) atoms. The van der Waals surface area contributed by atoms with Gasteiger partial charge in [0.1, 0.15) is 17.3 Å². The molecule has 2 aromatic heterocycles. The maximum Gasteiger partial charge on any atom is 0.276 e. The van der Waals surface area contributed by atoms with Crippen molar-refractivity contribution in [1.82, 2.24) is 24.5 Å². The van der Waals surface area contributed by atoms with Crippen molar-refractivity contribution in [2.75, 3.05) is 19.4 Å². The predicted octanol–water partition coefficient (Wildman–Crippen LogP) is 2.88. The second kappa shape index (κ2) is 8.95. The Morgan fingerprint density at radius 2 is 2.07 bits per heavy atom. The van der Waals surface area contributed by atoms with E-state index in [-0.39, 0.29) is 29.0 Å². The predicted molar refractivity (Wildman–Crippen MR) is 108 cm³/mol. The number of hydrogen-bond donors (Lipinski definition) is 1. The summed E-state index contributed by atoms with van der Waals surface area (Å²) in [6, 6.07) is 5.49. The van der Waals surface area contributed by atoms with E-state index < -0.39 is 11.7 Å². The first-order valence-corrected chi connectivity index (χ1v) is 9.38. The van der Waals surface area contributed by atoms with E-state index >= 15 is 0 Å². The van der Waals surface area contributed by atoms with Crippen molar-refractivity contribution in [2.24, 2.45) is 0 Å². The number of ether oxygens (including phenoxy) is 1. The minimum atomic E-state index is -0.541. The molecule has 158 valence electrons. The summed E-state index contributed by atoms with van der Waals surface area (Å²) >= 11 is 5.72. The van der Waals surface area contributed by atoms with E-state index in [1.54, 1.807) is 20.3 Å². The minimum Gasteiger partial charge on any atom is -0.471 e. The number of carbonyl (C=O) groups is 2. The summed E-state index contributed by atoms with van der Waals surface area (Å²) in [7, 11) is 3.24. The van der Waals surface area contributed by atoms with Gasteiger partial charge in [-0.1, -0.05) is 11.6 Å². The SMILES string of the molecule is CCn1ncc(NC(=O)c2ccn(COc3ccc(F)c(Cl)c3)n2)c1C(=O)N(C)C. The number of anilines is 1. The summed E-state index contributed by atoms with van der Waals surface area (Å²) < 4.78 is 21.6. The summed E-state index contributed by atoms with van der Waals surface area (Å²) in [5.41, 5.74) is 0.711. The van der Waals surface area contributed by atoms with Crippen molar-refractivity contribution in [3.63, 3.8) is 0 Å². The van der Waals surface area contributed by atoms with Crippen molar-refractivity contribution in [2.45, 2.75) is 20.2 Å². The van der Waals surface area contributed by atoms with Crippen LogP contribution in [0.25, 0.3) is 0 Å². The largest absolute Gasteiger partial charge is 0.471 e. The van der Waals surface area contributed by atoms with Gasteiger partial charge in [0.2, 0.25) is 0 Å². The molecule has 0 fully saturated rings. The summed E-state index contributed by atoms with van der Waals surface area (Å²) in [5, 5.41) is 10.9. The zero-order chi connectivity index (χ0) is 21.8. The fourth-order valence-electron chi connectivity index (χ4n) is 2.60. The van der Waals surface area contributed by atoms with Crippen molar-refractivity contribution in [3.05, 3.63) is 58.9 Å². The fraction of sp³-hybridized carbons (Fsp3) is 0.263. The van der Waals surface area contributed by atoms with Crippen LogP contribution in [-0.4, -0.2) is 50.4 Å². The molecule has 0 unspecified atom stereocenters. The summed E-state index contributed by atoms with van der Waals surface area (Å²) in [6.45, 7) is 2.32. The highest BCUT2D eigenvalue weighted by molar-refractivity contribution is 6.30. The first kappa shape index (κ1) is 21.3. The maximum atomic E-state index is 13.2. The van der Waals surface area contributed by atoms with Crippen LogP contribution in [0.15, 0.2) is 36.7 Å². The highest BCUT2D eigenvalue weighted by Gasteiger charge is 2.22. The molecule has 0 bridgehead atoms. The van der Waals surface area contributed by atoms with Gasteiger partial charge in [0, 0.05) is 32.9 Å². The van der Waals surface area contributed by atoms with E-state index in [0.717, 1.165) is 0 Å². The topological polar surface area (TPSA) is 94.3 Å². The number of amides is 2. The third-order valence-electron chi connectivity index (χ3n) is 4.12. The number of aromatic nitrogens is 4. The lowest BCUT2D eigenvalue weighted by Gasteiger charge is -2.13. The third kappa shape index (κ3) is 4.60. The molecule has 0 radical (unpaired) electrons. The van der Waals surface area contributed by atoms with Crippen molar-refractivity contribution < 1.29 is 18.7 Å². The van der Waals surface area contributed by atoms with E-state index in [0.29, 0.717) is 18.0 Å². The van der Waals surface area contributed by atoms with Crippen LogP contribution in [0.2, 0.25) is 5.02 Å². The van der Waals surface area contributed by atoms with E-state index in [1.165, 1.54) is 44.7 Å². The van der Waals surface area contributed by atoms with Gasteiger partial charge in [0.15, 0.2) is 12.4 Å². The highest BCUT2D eigenvalue weighted by Crippen LogP contribution is 2.21. The Morgan fingerprint density at radius 1 is 1.30 bits per heavy atom. The lowest BCUT2D eigenvalue weighted by molar-refractivity contribution is 0.0816. The normalized spacial score (nSPS) is 10.7. The molecule has 0 aliphatic heterocycles. The average molecular weight is 435 g/mol. The second-order valence-corrected chi connectivity index (χ2v) is 6.87. The molecule has 0 saturated heterocycles. The molecular formula is C19H20ClFN6O3. The van der Waals surface area contributed by atoms with Gasteiger partial charge in [0.05, 0.1) is 16.9 Å². The smallest absolute Gasteiger partial charge is 0.276 e. The summed E-state index contributed by atoms with van der Waals surface area (Å²) in [5.74, 6) is -0.953. The minimum absolute atomic E-state index is 0.00657. The first-order valence-electron chi connectivity index (χ1n) is 9.00. The molecule has 0 aliphatic carbocycles. The van der Waals surface area contributed by atoms with Crippen LogP contribution in [0.1, 0.15) is 27.9 Å². The number of hydrogen-bond acceptors (Lipinski definition) is 5. The van der Waals surface area contributed by atoms with E-state index in [2.05, 4.69) is 15.5 Å². The molecule has 11 heteroatoms. The Morgan fingerprint density at radius 3 is 2.73 bits per heavy atom. The molecule has 3 aromatic rings. The summed E-state index contributed by atoms with van der Waals surface area (Å²) in [6.07, 6.45) is 2.98. The average Bonchev–Trinajstić information content (AvgIpc) is 3.35. The third-order valence-corrected chi connectivity index (χ3v) is 4.41. The lowest BCUT2D eigenvalue weighted by Crippen LogP contribution is -2.26. The maximum absolute atomic E-state index is 13.2. The number of rotatable bonds is 7. The number of carbonyl (C=O) groups excluding carboxylic acids is 2. The Bertz CT molecular complexity index is 1080. The van der Waals surface area contributed by atoms with Gasteiger partial charge in [-0.25, -0.2) is 9.07 Å². The van der Waals surface area contributed by atoms with E-state index in [9.17, 15) is 14.0 Å². The Balaban J connectivity index is 1.69. The van der Waals surface area contributed by atoms with E-state index in [1.807, 2.05) is 6.92 Å². The van der Waals surface area contributed by atoms with Crippen molar-refractivity contribution >= 4 is 29.1 Å². The fourth-order valence-corrected chi connectivity index (χ4v) is 2.77. The zero-order valence-corrected chi connectivity index (χ0v) is 17.4. The molecule has 0 aliphatic rings. The van der Waals surface area contributed by atoms with Gasteiger partial charge in [0.25, 0.3) is 11.8 Å². The molecule has 1 aromatic carbocycles. The van der Waals surface area contributed by atoms with Crippen LogP contribution in [-0.2, 0) is 13.3 Å². The van der Waals surface area contributed by atoms with Crippen LogP contribution in [0.4, 0.5) is 10.1 Å². The summed E-state index contributed by atoms with van der Waals surface area (Å²) in [4.78, 5) is 26.4. The molecule has 2 heterocycles. The molecule has 3 rings (SSSR count). The molecule has 2 amide bonds. The highest BCUT2D eigenvalue weighted by atomic mass is 35.5. The first-order chi connectivity index (χ1) is 14.3. The van der Waals surface area contributed by atoms with Crippen LogP contribution in [0.3, 0.4) is 0 Å². The molecule has 9 nitrogen and oxygen atoms in total. The zero-order valence-electron chi connectivity index (χ0n) is 16.6. The molecule has 1 N–H and O–H groups in total. The van der Waals surface area contributed by atoms with Crippen LogP contribution < -0.4 is 10.1 Å². The van der Waals surface area contributed by atoms with Crippen LogP contribution in [0, 0.1) is 5.82 Å². The number of halogens is 2. The van der Waals surface area contributed by atoms with Crippen molar-refractivity contribution in [3.8, 4) is 5.75 Å². The molecule has 0 spiro atoms. The number of benzene rings is 1. The standard InChI is InChI=1S/C19H20ClFN6O3/c1-4-27-17(19(29)25(2)3)16(10-22-27)23-18(28)15-7-8-26(24-15)11-30-12-5-6-14(21)13(20)9-12/h5-10H,4,11H2,1-3H3,(H,23,28). The Hall–Kier alpha value is -3.40. The van der Waals surface area contributed by atoms with Gasteiger partial charge in [-0.3, -0.25) is 14.3 Å². The van der Waals surface area contributed by atoms with Gasteiger partial charge in [-0.05, 0) is 25.1 Å². The van der Waals surface area contributed by atoms with Gasteiger partial charge in [-0.15, -0.1) is 0 Å². The number of nitrogens with zero attached hydrogens (tertiary/aromatic N) is 5. The van der Waals surface area contributed by atoms with Gasteiger partial charge >= 0.3 is 0 Å². The monoisotopic (exact) mass is 434 g/mol. The molecular weight excluding hydrogens is 415 g/mol. The Kier molecular flexibility index (Phi) is 6.36. The van der Waals surface area contributed by atoms with Gasteiger partial charge < -0.3 is 15.0 Å². The van der Waals surface area contributed by atoms with Crippen molar-refractivity contribution in [1.29, 1.82) is 0 Å². The number of aryl methyl sites for hydroxylation is 1. The quantitative estimate of drug-likeness (QED) is 0.617. The van der Waals surface area contributed by atoms with E-state index in [4.69, 9.17) is 16.3 Å². The molecule has 0 atom stereocenters.